The largest absolute Gasteiger partial charge is 0.325 e. The smallest absolute Gasteiger partial charge is 0.319 e. The molecule has 132 valence electrons. The number of nitrogens with one attached hydrogen (secondary N) is 1. The second kappa shape index (κ2) is 6.06. The van der Waals surface area contributed by atoms with Crippen molar-refractivity contribution < 1.29 is 9.59 Å². The van der Waals surface area contributed by atoms with Crippen LogP contribution in [0.1, 0.15) is 18.2 Å². The van der Waals surface area contributed by atoms with E-state index in [2.05, 4.69) is 15.4 Å². The van der Waals surface area contributed by atoms with E-state index in [0.29, 0.717) is 5.69 Å². The summed E-state index contributed by atoms with van der Waals surface area (Å²) in [4.78, 5) is 31.1. The fourth-order valence-electron chi connectivity index (χ4n) is 3.01. The lowest BCUT2D eigenvalue weighted by Gasteiger charge is -2.21. The average molecular weight is 367 g/mol. The summed E-state index contributed by atoms with van der Waals surface area (Å²) in [5.74, 6) is -0.273. The molecule has 1 aliphatic rings. The van der Waals surface area contributed by atoms with E-state index in [0.717, 1.165) is 16.1 Å². The zero-order chi connectivity index (χ0) is 18.3. The molecule has 26 heavy (non-hydrogen) atoms. The molecule has 1 unspecified atom stereocenters. The van der Waals surface area contributed by atoms with Crippen LogP contribution in [0.5, 0.6) is 0 Å². The molecule has 0 spiro atoms. The van der Waals surface area contributed by atoms with Gasteiger partial charge in [-0.1, -0.05) is 30.3 Å². The molecule has 0 bridgehead atoms. The fourth-order valence-corrected chi connectivity index (χ4v) is 3.80. The summed E-state index contributed by atoms with van der Waals surface area (Å²) in [7, 11) is 1.84. The Morgan fingerprint density at radius 3 is 2.69 bits per heavy atom. The quantitative estimate of drug-likeness (QED) is 0.719. The monoisotopic (exact) mass is 367 g/mol. The van der Waals surface area contributed by atoms with Crippen LogP contribution in [0.4, 0.5) is 4.79 Å². The molecule has 1 fully saturated rings. The van der Waals surface area contributed by atoms with E-state index < -0.39 is 11.6 Å². The number of imide groups is 1. The number of thiazole rings is 1. The minimum Gasteiger partial charge on any atom is -0.319 e. The predicted octanol–water partition coefficient (Wildman–Crippen LogP) is 2.51. The van der Waals surface area contributed by atoms with Crippen LogP contribution in [0, 0.1) is 0 Å². The van der Waals surface area contributed by atoms with Crippen molar-refractivity contribution in [2.75, 3.05) is 0 Å². The highest BCUT2D eigenvalue weighted by molar-refractivity contribution is 7.13. The molecule has 7 nitrogen and oxygen atoms in total. The molecular formula is C18H17N5O2S. The Labute approximate surface area is 154 Å². The minimum absolute atomic E-state index is 0.143. The van der Waals surface area contributed by atoms with Gasteiger partial charge in [0.15, 0.2) is 0 Å². The van der Waals surface area contributed by atoms with Crippen LogP contribution in [0.15, 0.2) is 48.1 Å². The zero-order valence-electron chi connectivity index (χ0n) is 14.3. The number of aryl methyl sites for hydroxylation is 1. The van der Waals surface area contributed by atoms with E-state index in [1.54, 1.807) is 17.8 Å². The van der Waals surface area contributed by atoms with Gasteiger partial charge in [0.1, 0.15) is 10.5 Å². The first-order chi connectivity index (χ1) is 12.5. The van der Waals surface area contributed by atoms with Crippen molar-refractivity contribution in [3.05, 3.63) is 59.4 Å². The van der Waals surface area contributed by atoms with E-state index in [1.165, 1.54) is 16.2 Å². The maximum Gasteiger partial charge on any atom is 0.325 e. The number of carbonyl (C=O) groups excluding carboxylic acids is 2. The molecule has 8 heteroatoms. The molecule has 3 heterocycles. The summed E-state index contributed by atoms with van der Waals surface area (Å²) in [6.45, 7) is 1.87. The topological polar surface area (TPSA) is 80.1 Å². The van der Waals surface area contributed by atoms with Gasteiger partial charge in [0.25, 0.3) is 5.91 Å². The van der Waals surface area contributed by atoms with Crippen LogP contribution in [0.3, 0.4) is 0 Å². The number of amides is 3. The van der Waals surface area contributed by atoms with Gasteiger partial charge < -0.3 is 5.32 Å². The number of carbonyl (C=O) groups is 2. The molecule has 0 radical (unpaired) electrons. The summed E-state index contributed by atoms with van der Waals surface area (Å²) in [5, 5.41) is 9.62. The number of benzene rings is 1. The van der Waals surface area contributed by atoms with E-state index >= 15 is 0 Å². The van der Waals surface area contributed by atoms with E-state index in [9.17, 15) is 9.59 Å². The molecule has 2 aromatic heterocycles. The normalized spacial score (nSPS) is 19.8. The van der Waals surface area contributed by atoms with Crippen molar-refractivity contribution >= 4 is 23.3 Å². The Hall–Kier alpha value is -3.00. The number of nitrogens with zero attached hydrogens (tertiary/aromatic N) is 4. The van der Waals surface area contributed by atoms with Gasteiger partial charge in [-0.25, -0.2) is 9.78 Å². The standard InChI is InChI=1S/C18H17N5O2S/c1-18(13-6-4-3-5-7-13)16(24)23(17(25)21-18)10-14-11-26-15(20-14)12-8-19-22(2)9-12/h3-9,11H,10H2,1-2H3,(H,21,25). The Morgan fingerprint density at radius 2 is 2.00 bits per heavy atom. The second-order valence-corrected chi connectivity index (χ2v) is 7.22. The molecule has 1 aromatic carbocycles. The molecule has 1 aliphatic heterocycles. The number of rotatable bonds is 4. The number of hydrogen-bond acceptors (Lipinski definition) is 5. The van der Waals surface area contributed by atoms with Gasteiger partial charge in [-0.3, -0.25) is 14.4 Å². The van der Waals surface area contributed by atoms with Crippen molar-refractivity contribution in [1.82, 2.24) is 25.0 Å². The Kier molecular flexibility index (Phi) is 3.84. The van der Waals surface area contributed by atoms with Crippen LogP contribution < -0.4 is 5.32 Å². The Balaban J connectivity index is 1.57. The first kappa shape index (κ1) is 16.5. The number of hydrogen-bond donors (Lipinski definition) is 1. The van der Waals surface area contributed by atoms with Gasteiger partial charge in [0.2, 0.25) is 0 Å². The molecule has 3 amide bonds. The minimum atomic E-state index is -1.06. The van der Waals surface area contributed by atoms with Crippen LogP contribution in [0.25, 0.3) is 10.6 Å². The van der Waals surface area contributed by atoms with Crippen molar-refractivity contribution in [1.29, 1.82) is 0 Å². The lowest BCUT2D eigenvalue weighted by molar-refractivity contribution is -0.131. The fraction of sp³-hybridized carbons (Fsp3) is 0.222. The van der Waals surface area contributed by atoms with E-state index in [1.807, 2.05) is 49.0 Å². The summed E-state index contributed by atoms with van der Waals surface area (Å²) >= 11 is 1.46. The summed E-state index contributed by atoms with van der Waals surface area (Å²) in [6, 6.07) is 8.85. The highest BCUT2D eigenvalue weighted by atomic mass is 32.1. The van der Waals surface area contributed by atoms with Crippen molar-refractivity contribution in [2.24, 2.45) is 7.05 Å². The third kappa shape index (κ3) is 2.68. The summed E-state index contributed by atoms with van der Waals surface area (Å²) in [6.07, 6.45) is 3.62. The maximum atomic E-state index is 12.9. The molecule has 4 rings (SSSR count). The lowest BCUT2D eigenvalue weighted by Crippen LogP contribution is -2.40. The Bertz CT molecular complexity index is 980. The highest BCUT2D eigenvalue weighted by Crippen LogP contribution is 2.30. The first-order valence-corrected chi connectivity index (χ1v) is 8.98. The van der Waals surface area contributed by atoms with Gasteiger partial charge in [-0.05, 0) is 12.5 Å². The van der Waals surface area contributed by atoms with Crippen molar-refractivity contribution in [2.45, 2.75) is 19.0 Å². The molecule has 3 aromatic rings. The van der Waals surface area contributed by atoms with Gasteiger partial charge >= 0.3 is 6.03 Å². The second-order valence-electron chi connectivity index (χ2n) is 6.36. The van der Waals surface area contributed by atoms with Crippen molar-refractivity contribution in [3.8, 4) is 10.6 Å². The van der Waals surface area contributed by atoms with E-state index in [-0.39, 0.29) is 12.5 Å². The molecule has 0 saturated carbocycles. The van der Waals surface area contributed by atoms with Crippen LogP contribution >= 0.6 is 11.3 Å². The first-order valence-electron chi connectivity index (χ1n) is 8.10. The molecule has 1 N–H and O–H groups in total. The van der Waals surface area contributed by atoms with Crippen LogP contribution in [-0.2, 0) is 23.9 Å². The third-order valence-corrected chi connectivity index (χ3v) is 5.39. The van der Waals surface area contributed by atoms with Crippen molar-refractivity contribution in [3.63, 3.8) is 0 Å². The average Bonchev–Trinajstić information content (AvgIpc) is 3.32. The van der Waals surface area contributed by atoms with Crippen LogP contribution in [-0.4, -0.2) is 31.6 Å². The molecule has 0 aliphatic carbocycles. The van der Waals surface area contributed by atoms with E-state index in [4.69, 9.17) is 0 Å². The van der Waals surface area contributed by atoms with Gasteiger partial charge in [-0.15, -0.1) is 11.3 Å². The third-order valence-electron chi connectivity index (χ3n) is 4.45. The van der Waals surface area contributed by atoms with Gasteiger partial charge in [0, 0.05) is 24.2 Å². The Morgan fingerprint density at radius 1 is 1.23 bits per heavy atom. The number of urea groups is 1. The zero-order valence-corrected chi connectivity index (χ0v) is 15.2. The summed E-state index contributed by atoms with van der Waals surface area (Å²) in [5.41, 5.74) is 1.29. The lowest BCUT2D eigenvalue weighted by atomic mass is 9.92. The van der Waals surface area contributed by atoms with Crippen LogP contribution in [0.2, 0.25) is 0 Å². The molecule has 1 saturated heterocycles. The molecular weight excluding hydrogens is 350 g/mol. The maximum absolute atomic E-state index is 12.9. The van der Waals surface area contributed by atoms with Gasteiger partial charge in [-0.2, -0.15) is 5.10 Å². The number of aromatic nitrogens is 3. The van der Waals surface area contributed by atoms with Gasteiger partial charge in [0.05, 0.1) is 18.4 Å². The molecule has 1 atom stereocenters. The predicted molar refractivity (Wildman–Crippen MR) is 97.2 cm³/mol. The SMILES string of the molecule is Cn1cc(-c2nc(CN3C(=O)NC(C)(c4ccccc4)C3=O)cs2)cn1. The highest BCUT2D eigenvalue weighted by Gasteiger charge is 2.48. The summed E-state index contributed by atoms with van der Waals surface area (Å²) < 4.78 is 1.71.